The van der Waals surface area contributed by atoms with Gasteiger partial charge >= 0.3 is 0 Å². The Labute approximate surface area is 154 Å². The van der Waals surface area contributed by atoms with Crippen LogP contribution in [0.4, 0.5) is 8.78 Å². The van der Waals surface area contributed by atoms with Gasteiger partial charge in [-0.3, -0.25) is 9.59 Å². The molecule has 4 nitrogen and oxygen atoms in total. The molecule has 7 heteroatoms. The van der Waals surface area contributed by atoms with Crippen molar-refractivity contribution in [3.63, 3.8) is 0 Å². The summed E-state index contributed by atoms with van der Waals surface area (Å²) >= 11 is 1.77. The van der Waals surface area contributed by atoms with Crippen molar-refractivity contribution in [1.82, 2.24) is 10.6 Å². The SMILES string of the molecule is O=C(CCNC(=O)c1ccc(F)cc1F)NC1CCSc2ccccc21. The van der Waals surface area contributed by atoms with Crippen molar-refractivity contribution in [2.24, 2.45) is 0 Å². The molecular formula is C19H18F2N2O2S. The zero-order chi connectivity index (χ0) is 18.5. The normalized spacial score (nSPS) is 15.8. The number of amides is 2. The topological polar surface area (TPSA) is 58.2 Å². The smallest absolute Gasteiger partial charge is 0.254 e. The van der Waals surface area contributed by atoms with Crippen molar-refractivity contribution >= 4 is 23.6 Å². The summed E-state index contributed by atoms with van der Waals surface area (Å²) in [5.41, 5.74) is 0.861. The number of carbonyl (C=O) groups is 2. The van der Waals surface area contributed by atoms with E-state index in [2.05, 4.69) is 10.6 Å². The molecule has 1 unspecified atom stereocenters. The Morgan fingerprint density at radius 1 is 1.15 bits per heavy atom. The summed E-state index contributed by atoms with van der Waals surface area (Å²) in [6, 6.07) is 10.7. The van der Waals surface area contributed by atoms with Crippen molar-refractivity contribution in [1.29, 1.82) is 0 Å². The van der Waals surface area contributed by atoms with E-state index in [4.69, 9.17) is 0 Å². The first kappa shape index (κ1) is 18.4. The molecule has 0 aromatic heterocycles. The fraction of sp³-hybridized carbons (Fsp3) is 0.263. The highest BCUT2D eigenvalue weighted by Crippen LogP contribution is 2.35. The van der Waals surface area contributed by atoms with Crippen molar-refractivity contribution in [3.05, 3.63) is 65.2 Å². The molecule has 0 saturated carbocycles. The molecule has 0 bridgehead atoms. The van der Waals surface area contributed by atoms with E-state index in [9.17, 15) is 18.4 Å². The zero-order valence-electron chi connectivity index (χ0n) is 13.9. The summed E-state index contributed by atoms with van der Waals surface area (Å²) in [5.74, 6) is -1.60. The molecule has 0 spiro atoms. The first-order valence-corrected chi connectivity index (χ1v) is 9.27. The lowest BCUT2D eigenvalue weighted by Crippen LogP contribution is -2.34. The van der Waals surface area contributed by atoms with Gasteiger partial charge in [-0.15, -0.1) is 11.8 Å². The number of rotatable bonds is 5. The maximum absolute atomic E-state index is 13.6. The molecule has 3 rings (SSSR count). The fourth-order valence-corrected chi connectivity index (χ4v) is 3.94. The van der Waals surface area contributed by atoms with Gasteiger partial charge in [0.05, 0.1) is 11.6 Å². The van der Waals surface area contributed by atoms with Gasteiger partial charge in [-0.2, -0.15) is 0 Å². The van der Waals surface area contributed by atoms with E-state index in [-0.39, 0.29) is 30.5 Å². The zero-order valence-corrected chi connectivity index (χ0v) is 14.7. The summed E-state index contributed by atoms with van der Waals surface area (Å²) in [6.07, 6.45) is 0.931. The van der Waals surface area contributed by atoms with Gasteiger partial charge in [0.25, 0.3) is 5.91 Å². The minimum atomic E-state index is -0.928. The van der Waals surface area contributed by atoms with Gasteiger partial charge in [-0.05, 0) is 30.2 Å². The van der Waals surface area contributed by atoms with Gasteiger partial charge in [0, 0.05) is 29.7 Å². The average Bonchev–Trinajstić information content (AvgIpc) is 2.62. The molecule has 1 atom stereocenters. The van der Waals surface area contributed by atoms with E-state index in [0.29, 0.717) is 6.07 Å². The van der Waals surface area contributed by atoms with E-state index >= 15 is 0 Å². The Bertz CT molecular complexity index is 829. The monoisotopic (exact) mass is 376 g/mol. The molecule has 26 heavy (non-hydrogen) atoms. The molecule has 2 aromatic carbocycles. The molecule has 2 aromatic rings. The van der Waals surface area contributed by atoms with Crippen LogP contribution in [0.2, 0.25) is 0 Å². The lowest BCUT2D eigenvalue weighted by Gasteiger charge is -2.25. The van der Waals surface area contributed by atoms with Crippen LogP contribution in [0.3, 0.4) is 0 Å². The van der Waals surface area contributed by atoms with Gasteiger partial charge in [-0.1, -0.05) is 18.2 Å². The molecule has 2 amide bonds. The van der Waals surface area contributed by atoms with Crippen molar-refractivity contribution in [2.75, 3.05) is 12.3 Å². The second-order valence-electron chi connectivity index (χ2n) is 5.93. The molecule has 1 heterocycles. The summed E-state index contributed by atoms with van der Waals surface area (Å²) < 4.78 is 26.4. The average molecular weight is 376 g/mol. The second-order valence-corrected chi connectivity index (χ2v) is 7.06. The molecule has 2 N–H and O–H groups in total. The lowest BCUT2D eigenvalue weighted by atomic mass is 10.0. The molecule has 1 aliphatic rings. The molecule has 0 radical (unpaired) electrons. The highest BCUT2D eigenvalue weighted by molar-refractivity contribution is 7.99. The molecule has 136 valence electrons. The molecular weight excluding hydrogens is 358 g/mol. The Hall–Kier alpha value is -2.41. The van der Waals surface area contributed by atoms with Crippen molar-refractivity contribution in [3.8, 4) is 0 Å². The first-order valence-electron chi connectivity index (χ1n) is 8.29. The largest absolute Gasteiger partial charge is 0.351 e. The van der Waals surface area contributed by atoms with E-state index in [1.165, 1.54) is 4.90 Å². The van der Waals surface area contributed by atoms with Crippen LogP contribution in [0.25, 0.3) is 0 Å². The standard InChI is InChI=1S/C19H18F2N2O2S/c20-12-5-6-13(15(21)11-12)19(25)22-9-7-18(24)23-16-8-10-26-17-4-2-1-3-14(16)17/h1-6,11,16H,7-10H2,(H,22,25)(H,23,24). The first-order chi connectivity index (χ1) is 12.5. The van der Waals surface area contributed by atoms with Gasteiger partial charge in [-0.25, -0.2) is 8.78 Å². The number of halogens is 2. The number of hydrogen-bond donors (Lipinski definition) is 2. The van der Waals surface area contributed by atoms with Gasteiger partial charge in [0.15, 0.2) is 0 Å². The van der Waals surface area contributed by atoms with Crippen LogP contribution < -0.4 is 10.6 Å². The van der Waals surface area contributed by atoms with E-state index in [0.717, 1.165) is 29.9 Å². The quantitative estimate of drug-likeness (QED) is 0.841. The third-order valence-corrected chi connectivity index (χ3v) is 5.23. The number of thioether (sulfide) groups is 1. The number of fused-ring (bicyclic) bond motifs is 1. The van der Waals surface area contributed by atoms with Crippen LogP contribution >= 0.6 is 11.8 Å². The summed E-state index contributed by atoms with van der Waals surface area (Å²) in [5, 5.41) is 5.46. The molecule has 0 aliphatic carbocycles. The summed E-state index contributed by atoms with van der Waals surface area (Å²) in [7, 11) is 0. The molecule has 0 fully saturated rings. The Morgan fingerprint density at radius 2 is 1.96 bits per heavy atom. The van der Waals surface area contributed by atoms with E-state index in [1.54, 1.807) is 11.8 Å². The second kappa shape index (κ2) is 8.31. The van der Waals surface area contributed by atoms with Gasteiger partial charge in [0.2, 0.25) is 5.91 Å². The minimum Gasteiger partial charge on any atom is -0.351 e. The predicted molar refractivity (Wildman–Crippen MR) is 96.0 cm³/mol. The minimum absolute atomic E-state index is 0.0369. The predicted octanol–water partition coefficient (Wildman–Crippen LogP) is 3.44. The summed E-state index contributed by atoms with van der Waals surface area (Å²) in [6.45, 7) is 0.0740. The third-order valence-electron chi connectivity index (χ3n) is 4.11. The Kier molecular flexibility index (Phi) is 5.88. The number of carbonyl (C=O) groups excluding carboxylic acids is 2. The highest BCUT2D eigenvalue weighted by Gasteiger charge is 2.21. The van der Waals surface area contributed by atoms with Crippen LogP contribution in [-0.2, 0) is 4.79 Å². The molecule has 1 aliphatic heterocycles. The van der Waals surface area contributed by atoms with E-state index in [1.807, 2.05) is 24.3 Å². The van der Waals surface area contributed by atoms with Crippen molar-refractivity contribution < 1.29 is 18.4 Å². The van der Waals surface area contributed by atoms with E-state index < -0.39 is 17.5 Å². The fourth-order valence-electron chi connectivity index (χ4n) is 2.82. The number of benzene rings is 2. The van der Waals surface area contributed by atoms with Crippen LogP contribution in [0.5, 0.6) is 0 Å². The lowest BCUT2D eigenvalue weighted by molar-refractivity contribution is -0.121. The number of nitrogens with one attached hydrogen (secondary N) is 2. The van der Waals surface area contributed by atoms with Gasteiger partial charge in [0.1, 0.15) is 11.6 Å². The Balaban J connectivity index is 1.50. The third kappa shape index (κ3) is 4.40. The summed E-state index contributed by atoms with van der Waals surface area (Å²) in [4.78, 5) is 25.2. The van der Waals surface area contributed by atoms with Crippen LogP contribution in [0.15, 0.2) is 47.4 Å². The highest BCUT2D eigenvalue weighted by atomic mass is 32.2. The van der Waals surface area contributed by atoms with Crippen molar-refractivity contribution in [2.45, 2.75) is 23.8 Å². The van der Waals surface area contributed by atoms with Crippen LogP contribution in [0.1, 0.15) is 34.8 Å². The maximum Gasteiger partial charge on any atom is 0.254 e. The van der Waals surface area contributed by atoms with Gasteiger partial charge < -0.3 is 10.6 Å². The maximum atomic E-state index is 13.6. The van der Waals surface area contributed by atoms with Crippen LogP contribution in [-0.4, -0.2) is 24.1 Å². The number of hydrogen-bond acceptors (Lipinski definition) is 3. The Morgan fingerprint density at radius 3 is 2.77 bits per heavy atom. The van der Waals surface area contributed by atoms with Crippen LogP contribution in [0, 0.1) is 11.6 Å². The molecule has 0 saturated heterocycles.